The maximum atomic E-state index is 14.0. The first-order valence-corrected chi connectivity index (χ1v) is 6.40. The van der Waals surface area contributed by atoms with Crippen LogP contribution >= 0.6 is 0 Å². The first-order chi connectivity index (χ1) is 9.43. The number of hydrogen-bond donors (Lipinski definition) is 0. The van der Waals surface area contributed by atoms with E-state index in [-0.39, 0.29) is 11.3 Å². The van der Waals surface area contributed by atoms with E-state index in [0.717, 1.165) is 16.7 Å². The molecule has 0 radical (unpaired) electrons. The van der Waals surface area contributed by atoms with Gasteiger partial charge in [0.25, 0.3) is 0 Å². The second-order valence-corrected chi connectivity index (χ2v) is 4.97. The van der Waals surface area contributed by atoms with Gasteiger partial charge in [0.05, 0.1) is 18.2 Å². The molecule has 2 rings (SSSR count). The lowest BCUT2D eigenvalue weighted by Crippen LogP contribution is -2.09. The van der Waals surface area contributed by atoms with Crippen LogP contribution in [0.15, 0.2) is 30.3 Å². The molecule has 0 fully saturated rings. The van der Waals surface area contributed by atoms with Gasteiger partial charge >= 0.3 is 0 Å². The fourth-order valence-corrected chi connectivity index (χ4v) is 2.32. The van der Waals surface area contributed by atoms with E-state index in [2.05, 4.69) is 0 Å². The zero-order valence-corrected chi connectivity index (χ0v) is 12.1. The second kappa shape index (κ2) is 5.45. The fourth-order valence-electron chi connectivity index (χ4n) is 2.32. The Morgan fingerprint density at radius 2 is 1.75 bits per heavy atom. The Kier molecular flexibility index (Phi) is 3.89. The van der Waals surface area contributed by atoms with Crippen molar-refractivity contribution in [3.8, 4) is 5.75 Å². The highest BCUT2D eigenvalue weighted by Crippen LogP contribution is 2.27. The first-order valence-electron chi connectivity index (χ1n) is 6.40. The monoisotopic (exact) mass is 272 g/mol. The van der Waals surface area contributed by atoms with Crippen molar-refractivity contribution in [1.82, 2.24) is 0 Å². The van der Waals surface area contributed by atoms with Crippen molar-refractivity contribution < 1.29 is 13.9 Å². The van der Waals surface area contributed by atoms with E-state index in [1.54, 1.807) is 19.1 Å². The molecule has 0 atom stereocenters. The summed E-state index contributed by atoms with van der Waals surface area (Å²) in [5, 5.41) is 0. The van der Waals surface area contributed by atoms with Crippen molar-refractivity contribution in [2.75, 3.05) is 7.11 Å². The molecule has 2 nitrogen and oxygen atoms in total. The van der Waals surface area contributed by atoms with E-state index in [0.29, 0.717) is 11.3 Å². The van der Waals surface area contributed by atoms with Crippen LogP contribution in [0, 0.1) is 26.6 Å². The summed E-state index contributed by atoms with van der Waals surface area (Å²) in [6, 6.07) is 8.29. The molecule has 20 heavy (non-hydrogen) atoms. The van der Waals surface area contributed by atoms with Crippen LogP contribution in [0.2, 0.25) is 0 Å². The predicted molar refractivity (Wildman–Crippen MR) is 77.0 cm³/mol. The van der Waals surface area contributed by atoms with E-state index < -0.39 is 5.82 Å². The number of carbonyl (C=O) groups excluding carboxylic acids is 1. The highest BCUT2D eigenvalue weighted by atomic mass is 19.1. The molecule has 0 aliphatic heterocycles. The predicted octanol–water partition coefficient (Wildman–Crippen LogP) is 3.99. The average molecular weight is 272 g/mol. The van der Waals surface area contributed by atoms with Crippen molar-refractivity contribution in [1.29, 1.82) is 0 Å². The minimum atomic E-state index is -0.503. The molecule has 104 valence electrons. The van der Waals surface area contributed by atoms with Gasteiger partial charge in [-0.3, -0.25) is 4.79 Å². The van der Waals surface area contributed by atoms with Crippen molar-refractivity contribution >= 4 is 5.78 Å². The molecular weight excluding hydrogens is 255 g/mol. The van der Waals surface area contributed by atoms with E-state index in [4.69, 9.17) is 4.74 Å². The number of halogens is 1. The van der Waals surface area contributed by atoms with E-state index in [1.165, 1.54) is 19.2 Å². The van der Waals surface area contributed by atoms with Crippen LogP contribution in [0.1, 0.15) is 32.6 Å². The van der Waals surface area contributed by atoms with Gasteiger partial charge in [-0.2, -0.15) is 0 Å². The van der Waals surface area contributed by atoms with Gasteiger partial charge < -0.3 is 4.74 Å². The van der Waals surface area contributed by atoms with Gasteiger partial charge in [0.15, 0.2) is 5.78 Å². The number of hydrogen-bond acceptors (Lipinski definition) is 2. The van der Waals surface area contributed by atoms with Crippen LogP contribution < -0.4 is 4.74 Å². The van der Waals surface area contributed by atoms with Crippen LogP contribution in [0.4, 0.5) is 4.39 Å². The van der Waals surface area contributed by atoms with Gasteiger partial charge in [-0.1, -0.05) is 12.1 Å². The minimum Gasteiger partial charge on any atom is -0.496 e. The largest absolute Gasteiger partial charge is 0.496 e. The van der Waals surface area contributed by atoms with Crippen molar-refractivity contribution in [3.63, 3.8) is 0 Å². The minimum absolute atomic E-state index is 0.0702. The Hall–Kier alpha value is -2.16. The van der Waals surface area contributed by atoms with Crippen LogP contribution in [-0.2, 0) is 0 Å². The third kappa shape index (κ3) is 2.57. The molecule has 0 amide bonds. The molecule has 0 saturated carbocycles. The molecule has 2 aromatic carbocycles. The van der Waals surface area contributed by atoms with Gasteiger partial charge in [-0.25, -0.2) is 4.39 Å². The van der Waals surface area contributed by atoms with Crippen molar-refractivity contribution in [2.24, 2.45) is 0 Å². The highest BCUT2D eigenvalue weighted by Gasteiger charge is 2.20. The molecule has 0 aliphatic carbocycles. The number of aryl methyl sites for hydroxylation is 3. The van der Waals surface area contributed by atoms with Crippen molar-refractivity contribution in [3.05, 3.63) is 64.0 Å². The molecule has 0 spiro atoms. The molecule has 0 aliphatic rings. The number of methoxy groups -OCH3 is 1. The third-order valence-corrected chi connectivity index (χ3v) is 3.26. The summed E-state index contributed by atoms with van der Waals surface area (Å²) in [5.41, 5.74) is 3.06. The Bertz CT molecular complexity index is 675. The van der Waals surface area contributed by atoms with Gasteiger partial charge in [-0.05, 0) is 55.7 Å². The smallest absolute Gasteiger partial charge is 0.199 e. The Balaban J connectivity index is 2.59. The lowest BCUT2D eigenvalue weighted by Gasteiger charge is -2.12. The third-order valence-electron chi connectivity index (χ3n) is 3.26. The Morgan fingerprint density at radius 1 is 1.05 bits per heavy atom. The van der Waals surface area contributed by atoms with Gasteiger partial charge in [-0.15, -0.1) is 0 Å². The van der Waals surface area contributed by atoms with Crippen LogP contribution in [0.5, 0.6) is 5.75 Å². The number of carbonyl (C=O) groups is 1. The maximum absolute atomic E-state index is 14.0. The lowest BCUT2D eigenvalue weighted by atomic mass is 9.95. The first kappa shape index (κ1) is 14.3. The van der Waals surface area contributed by atoms with E-state index in [9.17, 15) is 9.18 Å². The quantitative estimate of drug-likeness (QED) is 0.790. The zero-order valence-electron chi connectivity index (χ0n) is 12.1. The molecule has 0 unspecified atom stereocenters. The summed E-state index contributed by atoms with van der Waals surface area (Å²) in [7, 11) is 1.51. The van der Waals surface area contributed by atoms with Crippen LogP contribution in [-0.4, -0.2) is 12.9 Å². The van der Waals surface area contributed by atoms with Crippen molar-refractivity contribution in [2.45, 2.75) is 20.8 Å². The summed E-state index contributed by atoms with van der Waals surface area (Å²) in [5.74, 6) is -0.374. The van der Waals surface area contributed by atoms with Gasteiger partial charge in [0.2, 0.25) is 0 Å². The summed E-state index contributed by atoms with van der Waals surface area (Å²) in [6.45, 7) is 5.54. The Morgan fingerprint density at radius 3 is 2.35 bits per heavy atom. The molecular formula is C17H17FO2. The second-order valence-electron chi connectivity index (χ2n) is 4.97. The molecule has 0 N–H and O–H groups in total. The number of benzene rings is 2. The fraction of sp³-hybridized carbons (Fsp3) is 0.235. The zero-order chi connectivity index (χ0) is 14.9. The maximum Gasteiger partial charge on any atom is 0.199 e. The molecule has 2 aromatic rings. The number of ether oxygens (including phenoxy) is 1. The summed E-state index contributed by atoms with van der Waals surface area (Å²) >= 11 is 0. The normalized spacial score (nSPS) is 10.4. The summed E-state index contributed by atoms with van der Waals surface area (Å²) < 4.78 is 19.2. The standard InChI is InChI=1S/C17H17FO2/c1-10-5-6-13(14(18)8-10)17(19)16-12(3)7-11(2)9-15(16)20-4/h5-9H,1-4H3. The molecule has 3 heteroatoms. The lowest BCUT2D eigenvalue weighted by molar-refractivity contribution is 0.103. The van der Waals surface area contributed by atoms with Crippen LogP contribution in [0.25, 0.3) is 0 Å². The molecule has 0 heterocycles. The van der Waals surface area contributed by atoms with Gasteiger partial charge in [0, 0.05) is 0 Å². The SMILES string of the molecule is COc1cc(C)cc(C)c1C(=O)c1ccc(C)cc1F. The number of rotatable bonds is 3. The van der Waals surface area contributed by atoms with Gasteiger partial charge in [0.1, 0.15) is 11.6 Å². The number of ketones is 1. The average Bonchev–Trinajstić information content (AvgIpc) is 2.37. The van der Waals surface area contributed by atoms with Crippen LogP contribution in [0.3, 0.4) is 0 Å². The molecule has 0 saturated heterocycles. The molecule has 0 aromatic heterocycles. The van der Waals surface area contributed by atoms with E-state index in [1.807, 2.05) is 19.9 Å². The topological polar surface area (TPSA) is 26.3 Å². The highest BCUT2D eigenvalue weighted by molar-refractivity contribution is 6.11. The summed E-state index contributed by atoms with van der Waals surface area (Å²) in [4.78, 5) is 12.6. The molecule has 0 bridgehead atoms. The Labute approximate surface area is 118 Å². The summed E-state index contributed by atoms with van der Waals surface area (Å²) in [6.07, 6.45) is 0. The van der Waals surface area contributed by atoms with E-state index >= 15 is 0 Å².